The lowest BCUT2D eigenvalue weighted by atomic mass is 9.99. The van der Waals surface area contributed by atoms with Gasteiger partial charge in [-0.05, 0) is 65.0 Å². The Morgan fingerprint density at radius 2 is 1.46 bits per heavy atom. The monoisotopic (exact) mass is 380 g/mol. The average molecular weight is 381 g/mol. The highest BCUT2D eigenvalue weighted by Crippen LogP contribution is 2.62. The fraction of sp³-hybridized carbons (Fsp3) is 1.00. The summed E-state index contributed by atoms with van der Waals surface area (Å²) >= 11 is 0. The summed E-state index contributed by atoms with van der Waals surface area (Å²) in [5.41, 5.74) is 0.0365. The summed E-state index contributed by atoms with van der Waals surface area (Å²) in [6.07, 6.45) is 4.93. The van der Waals surface area contributed by atoms with Crippen LogP contribution in [0.5, 0.6) is 0 Å². The fourth-order valence-corrected chi connectivity index (χ4v) is 6.29. The van der Waals surface area contributed by atoms with E-state index in [2.05, 4.69) is 51.1 Å². The van der Waals surface area contributed by atoms with Gasteiger partial charge in [0.25, 0.3) is 7.52 Å². The number of hydrogen-bond acceptors (Lipinski definition) is 3. The lowest BCUT2D eigenvalue weighted by molar-refractivity contribution is 0.133. The van der Waals surface area contributed by atoms with Gasteiger partial charge in [-0.3, -0.25) is 4.57 Å². The second kappa shape index (κ2) is 8.39. The van der Waals surface area contributed by atoms with Gasteiger partial charge in [0.1, 0.15) is 0 Å². The van der Waals surface area contributed by atoms with E-state index in [-0.39, 0.29) is 23.0 Å². The zero-order chi connectivity index (χ0) is 17.3. The van der Waals surface area contributed by atoms with Crippen molar-refractivity contribution in [3.05, 3.63) is 0 Å². The molecule has 0 aromatic carbocycles. The lowest BCUT2D eigenvalue weighted by Crippen LogP contribution is -2.45. The minimum atomic E-state index is -2.82. The predicted octanol–water partition coefficient (Wildman–Crippen LogP) is 5.02. The zero-order valence-electron chi connectivity index (χ0n) is 16.5. The van der Waals surface area contributed by atoms with E-state index in [4.69, 9.17) is 4.52 Å². The third-order valence-corrected chi connectivity index (χ3v) is 8.31. The fourth-order valence-electron chi connectivity index (χ4n) is 3.57. The molecule has 1 atom stereocenters. The van der Waals surface area contributed by atoms with E-state index >= 15 is 0 Å². The Morgan fingerprint density at radius 1 is 0.958 bits per heavy atom. The molecule has 1 unspecified atom stereocenters. The van der Waals surface area contributed by atoms with Crippen molar-refractivity contribution < 1.29 is 9.09 Å². The molecule has 24 heavy (non-hydrogen) atoms. The van der Waals surface area contributed by atoms with Gasteiger partial charge >= 0.3 is 0 Å². The van der Waals surface area contributed by atoms with E-state index in [1.807, 2.05) is 0 Å². The van der Waals surface area contributed by atoms with Crippen LogP contribution in [0, 0.1) is 5.41 Å². The van der Waals surface area contributed by atoms with Crippen LogP contribution in [0.25, 0.3) is 0 Å². The van der Waals surface area contributed by atoms with Crippen molar-refractivity contribution in [2.45, 2.75) is 78.4 Å². The molecule has 4 nitrogen and oxygen atoms in total. The first-order valence-corrected chi connectivity index (χ1v) is 10.8. The summed E-state index contributed by atoms with van der Waals surface area (Å²) in [7, 11) is -2.82. The third kappa shape index (κ3) is 5.45. The Bertz CT molecular complexity index is 431. The van der Waals surface area contributed by atoms with Crippen LogP contribution in [-0.2, 0) is 9.09 Å². The summed E-state index contributed by atoms with van der Waals surface area (Å²) in [6.45, 7) is 17.4. The molecule has 0 radical (unpaired) electrons. The van der Waals surface area contributed by atoms with E-state index in [1.54, 1.807) is 0 Å². The van der Waals surface area contributed by atoms with Crippen LogP contribution in [0.3, 0.4) is 0 Å². The smallest absolute Gasteiger partial charge is 0.277 e. The van der Waals surface area contributed by atoms with Gasteiger partial charge in [-0.25, -0.2) is 4.67 Å². The molecule has 0 aromatic heterocycles. The van der Waals surface area contributed by atoms with Gasteiger partial charge in [0.05, 0.1) is 11.8 Å². The van der Waals surface area contributed by atoms with Gasteiger partial charge in [-0.2, -0.15) is 0 Å². The first-order chi connectivity index (χ1) is 10.5. The van der Waals surface area contributed by atoms with Gasteiger partial charge < -0.3 is 9.42 Å². The van der Waals surface area contributed by atoms with Crippen molar-refractivity contribution >= 4 is 19.9 Å². The Kier molecular flexibility index (Phi) is 7.85. The summed E-state index contributed by atoms with van der Waals surface area (Å²) < 4.78 is 22.1. The SMILES string of the molecule is CC(C)(C)COP(=O)(N1CCC(N2CCCC2)CC1)C(C)(C)C.Cl. The van der Waals surface area contributed by atoms with E-state index < -0.39 is 7.52 Å². The Morgan fingerprint density at radius 3 is 1.88 bits per heavy atom. The van der Waals surface area contributed by atoms with Crippen LogP contribution in [0.1, 0.15) is 67.2 Å². The molecule has 0 aliphatic carbocycles. The molecule has 2 aliphatic heterocycles. The third-order valence-electron chi connectivity index (χ3n) is 4.99. The van der Waals surface area contributed by atoms with Crippen molar-refractivity contribution in [1.82, 2.24) is 9.57 Å². The van der Waals surface area contributed by atoms with Gasteiger partial charge in [-0.15, -0.1) is 12.4 Å². The van der Waals surface area contributed by atoms with Crippen LogP contribution >= 0.6 is 19.9 Å². The van der Waals surface area contributed by atoms with E-state index in [9.17, 15) is 4.57 Å². The molecule has 0 spiro atoms. The molecule has 2 rings (SSSR count). The number of likely N-dealkylation sites (tertiary alicyclic amines) is 1. The minimum absolute atomic E-state index is 0. The molecule has 2 fully saturated rings. The van der Waals surface area contributed by atoms with E-state index in [0.29, 0.717) is 12.6 Å². The largest absolute Gasteiger partial charge is 0.316 e. The summed E-state index contributed by atoms with van der Waals surface area (Å²) in [4.78, 5) is 2.63. The molecule has 2 aliphatic rings. The van der Waals surface area contributed by atoms with Crippen molar-refractivity contribution in [2.24, 2.45) is 5.41 Å². The molecule has 2 heterocycles. The molecule has 0 aromatic rings. The first kappa shape index (κ1) is 22.4. The highest BCUT2D eigenvalue weighted by Gasteiger charge is 2.45. The topological polar surface area (TPSA) is 32.8 Å². The molecule has 6 heteroatoms. The van der Waals surface area contributed by atoms with Crippen LogP contribution in [0.4, 0.5) is 0 Å². The Labute approximate surface area is 155 Å². The van der Waals surface area contributed by atoms with Gasteiger partial charge in [0.2, 0.25) is 0 Å². The van der Waals surface area contributed by atoms with Crippen LogP contribution < -0.4 is 0 Å². The number of piperidine rings is 1. The Hall–Kier alpha value is 0.400. The van der Waals surface area contributed by atoms with E-state index in [0.717, 1.165) is 25.9 Å². The molecule has 0 amide bonds. The molecular weight excluding hydrogens is 343 g/mol. The normalized spacial score (nSPS) is 24.6. The second-order valence-electron chi connectivity index (χ2n) is 9.45. The van der Waals surface area contributed by atoms with Crippen LogP contribution in [-0.4, -0.2) is 53.6 Å². The summed E-state index contributed by atoms with van der Waals surface area (Å²) in [5, 5.41) is -0.335. The van der Waals surface area contributed by atoms with Gasteiger partial charge in [0, 0.05) is 19.1 Å². The molecule has 144 valence electrons. The highest BCUT2D eigenvalue weighted by molar-refractivity contribution is 7.58. The first-order valence-electron chi connectivity index (χ1n) is 9.27. The number of rotatable bonds is 4. The maximum Gasteiger partial charge on any atom is 0.277 e. The van der Waals surface area contributed by atoms with Crippen molar-refractivity contribution in [1.29, 1.82) is 0 Å². The number of nitrogens with zero attached hydrogens (tertiary/aromatic N) is 2. The number of halogens is 1. The standard InChI is InChI=1S/C18H37N2O2P.ClH/c1-17(2,3)15-22-23(21,18(4,5)6)20-13-9-16(10-14-20)19-11-7-8-12-19;/h16H,7-15H2,1-6H3;1H. The molecule has 0 N–H and O–H groups in total. The lowest BCUT2D eigenvalue weighted by Gasteiger charge is -2.44. The van der Waals surface area contributed by atoms with Gasteiger partial charge in [-0.1, -0.05) is 20.8 Å². The summed E-state index contributed by atoms with van der Waals surface area (Å²) in [6, 6.07) is 0.685. The van der Waals surface area contributed by atoms with Gasteiger partial charge in [0.15, 0.2) is 0 Å². The quantitative estimate of drug-likeness (QED) is 0.641. The van der Waals surface area contributed by atoms with Crippen molar-refractivity contribution in [3.63, 3.8) is 0 Å². The average Bonchev–Trinajstić information content (AvgIpc) is 2.97. The molecule has 2 saturated heterocycles. The van der Waals surface area contributed by atoms with Crippen molar-refractivity contribution in [2.75, 3.05) is 32.8 Å². The van der Waals surface area contributed by atoms with Crippen LogP contribution in [0.2, 0.25) is 0 Å². The molecule has 0 saturated carbocycles. The minimum Gasteiger partial charge on any atom is -0.316 e. The molecule has 0 bridgehead atoms. The second-order valence-corrected chi connectivity index (χ2v) is 12.7. The number of hydrogen-bond donors (Lipinski definition) is 0. The zero-order valence-corrected chi connectivity index (χ0v) is 18.2. The van der Waals surface area contributed by atoms with Crippen molar-refractivity contribution in [3.8, 4) is 0 Å². The highest BCUT2D eigenvalue weighted by atomic mass is 35.5. The Balaban J connectivity index is 0.00000288. The molecular formula is C18H38ClN2O2P. The predicted molar refractivity (Wildman–Crippen MR) is 105 cm³/mol. The van der Waals surface area contributed by atoms with E-state index in [1.165, 1.54) is 25.9 Å². The maximum atomic E-state index is 13.8. The van der Waals surface area contributed by atoms with Crippen LogP contribution in [0.15, 0.2) is 0 Å². The summed E-state index contributed by atoms with van der Waals surface area (Å²) in [5.74, 6) is 0. The maximum absolute atomic E-state index is 13.8.